The van der Waals surface area contributed by atoms with E-state index in [2.05, 4.69) is 9.88 Å². The van der Waals surface area contributed by atoms with Crippen molar-refractivity contribution in [1.82, 2.24) is 19.2 Å². The van der Waals surface area contributed by atoms with E-state index in [0.29, 0.717) is 30.0 Å². The number of hydrogen-bond acceptors (Lipinski definition) is 5. The van der Waals surface area contributed by atoms with Crippen molar-refractivity contribution >= 4 is 10.0 Å². The van der Waals surface area contributed by atoms with Gasteiger partial charge in [-0.2, -0.15) is 4.31 Å². The molecule has 9 heteroatoms. The van der Waals surface area contributed by atoms with Crippen molar-refractivity contribution in [3.05, 3.63) is 63.1 Å². The van der Waals surface area contributed by atoms with Crippen molar-refractivity contribution in [3.63, 3.8) is 0 Å². The van der Waals surface area contributed by atoms with E-state index in [4.69, 9.17) is 4.98 Å². The SMILES string of the molecule is CS(=O)(=O)N1CCc2nc(C3CCCN(Cc4ccc(F)cc4)C3)[nH]c(=O)c2C1. The summed E-state index contributed by atoms with van der Waals surface area (Å²) in [6, 6.07) is 6.54. The molecule has 1 unspecified atom stereocenters. The normalized spacial score (nSPS) is 21.1. The number of nitrogens with zero attached hydrogens (tertiary/aromatic N) is 3. The summed E-state index contributed by atoms with van der Waals surface area (Å²) in [7, 11) is -3.33. The summed E-state index contributed by atoms with van der Waals surface area (Å²) in [5.41, 5.74) is 1.97. The number of benzene rings is 1. The van der Waals surface area contributed by atoms with Crippen molar-refractivity contribution < 1.29 is 12.8 Å². The molecule has 0 amide bonds. The molecule has 0 saturated carbocycles. The first-order valence-corrected chi connectivity index (χ1v) is 11.7. The Morgan fingerprint density at radius 3 is 2.72 bits per heavy atom. The topological polar surface area (TPSA) is 86.4 Å². The van der Waals surface area contributed by atoms with E-state index in [1.165, 1.54) is 16.4 Å². The number of hydrogen-bond donors (Lipinski definition) is 1. The Hall–Kier alpha value is -2.10. The number of aromatic amines is 1. The second-order valence-electron chi connectivity index (χ2n) is 7.92. The lowest BCUT2D eigenvalue weighted by molar-refractivity contribution is 0.196. The molecule has 2 aliphatic heterocycles. The van der Waals surface area contributed by atoms with Crippen molar-refractivity contribution in [2.75, 3.05) is 25.9 Å². The van der Waals surface area contributed by atoms with Crippen LogP contribution in [0.15, 0.2) is 29.1 Å². The van der Waals surface area contributed by atoms with E-state index in [1.807, 2.05) is 0 Å². The fourth-order valence-electron chi connectivity index (χ4n) is 4.17. The van der Waals surface area contributed by atoms with E-state index in [0.717, 1.165) is 44.3 Å². The van der Waals surface area contributed by atoms with Crippen LogP contribution in [0.25, 0.3) is 0 Å². The maximum Gasteiger partial charge on any atom is 0.255 e. The summed E-state index contributed by atoms with van der Waals surface area (Å²) < 4.78 is 38.0. The summed E-state index contributed by atoms with van der Waals surface area (Å²) >= 11 is 0. The molecule has 1 saturated heterocycles. The lowest BCUT2D eigenvalue weighted by Crippen LogP contribution is -2.40. The lowest BCUT2D eigenvalue weighted by atomic mass is 9.96. The second kappa shape index (κ2) is 7.97. The van der Waals surface area contributed by atoms with Crippen molar-refractivity contribution in [3.8, 4) is 0 Å². The van der Waals surface area contributed by atoms with Gasteiger partial charge in [-0.1, -0.05) is 12.1 Å². The van der Waals surface area contributed by atoms with E-state index in [1.54, 1.807) is 12.1 Å². The van der Waals surface area contributed by atoms with Gasteiger partial charge in [0.05, 0.1) is 17.5 Å². The third-order valence-electron chi connectivity index (χ3n) is 5.73. The molecule has 1 N–H and O–H groups in total. The number of rotatable bonds is 4. The molecular formula is C20H25FN4O3S. The molecule has 1 aromatic heterocycles. The smallest absolute Gasteiger partial charge is 0.255 e. The number of likely N-dealkylation sites (tertiary alicyclic amines) is 1. The van der Waals surface area contributed by atoms with Crippen molar-refractivity contribution in [2.24, 2.45) is 0 Å². The molecule has 0 aliphatic carbocycles. The summed E-state index contributed by atoms with van der Waals surface area (Å²) in [5, 5.41) is 0. The highest BCUT2D eigenvalue weighted by Crippen LogP contribution is 2.26. The van der Waals surface area contributed by atoms with Gasteiger partial charge in [-0.3, -0.25) is 9.69 Å². The predicted molar refractivity (Wildman–Crippen MR) is 107 cm³/mol. The monoisotopic (exact) mass is 420 g/mol. The quantitative estimate of drug-likeness (QED) is 0.812. The van der Waals surface area contributed by atoms with E-state index < -0.39 is 10.0 Å². The van der Waals surface area contributed by atoms with Crippen LogP contribution in [0.4, 0.5) is 4.39 Å². The summed E-state index contributed by atoms with van der Waals surface area (Å²) in [6.07, 6.45) is 3.54. The van der Waals surface area contributed by atoms with Crippen LogP contribution >= 0.6 is 0 Å². The molecule has 7 nitrogen and oxygen atoms in total. The second-order valence-corrected chi connectivity index (χ2v) is 9.91. The predicted octanol–water partition coefficient (Wildman–Crippen LogP) is 1.61. The standard InChI is InChI=1S/C20H25FN4O3S/c1-29(27,28)25-10-8-18-17(13-25)20(26)23-19(22-18)15-3-2-9-24(12-15)11-14-4-6-16(21)7-5-14/h4-7,15H,2-3,8-13H2,1H3,(H,22,23,26). The zero-order valence-corrected chi connectivity index (χ0v) is 17.2. The zero-order chi connectivity index (χ0) is 20.6. The fourth-order valence-corrected chi connectivity index (χ4v) is 4.95. The Balaban J connectivity index is 1.50. The lowest BCUT2D eigenvalue weighted by Gasteiger charge is -2.33. The van der Waals surface area contributed by atoms with E-state index >= 15 is 0 Å². The van der Waals surface area contributed by atoms with Gasteiger partial charge in [-0.25, -0.2) is 17.8 Å². The number of H-pyrrole nitrogens is 1. The molecular weight excluding hydrogens is 395 g/mol. The minimum absolute atomic E-state index is 0.0815. The van der Waals surface area contributed by atoms with Crippen LogP contribution in [0.1, 0.15) is 41.4 Å². The highest BCUT2D eigenvalue weighted by atomic mass is 32.2. The first-order valence-electron chi connectivity index (χ1n) is 9.83. The third kappa shape index (κ3) is 4.57. The Morgan fingerprint density at radius 2 is 2.00 bits per heavy atom. The molecule has 29 heavy (non-hydrogen) atoms. The molecule has 2 aromatic rings. The van der Waals surface area contributed by atoms with E-state index in [-0.39, 0.29) is 23.8 Å². The summed E-state index contributed by atoms with van der Waals surface area (Å²) in [4.78, 5) is 22.6. The third-order valence-corrected chi connectivity index (χ3v) is 6.98. The first-order chi connectivity index (χ1) is 13.8. The largest absolute Gasteiger partial charge is 0.310 e. The molecule has 0 bridgehead atoms. The van der Waals surface area contributed by atoms with Crippen LogP contribution in [0.2, 0.25) is 0 Å². The maximum atomic E-state index is 13.1. The number of nitrogens with one attached hydrogen (secondary N) is 1. The van der Waals surface area contributed by atoms with Gasteiger partial charge in [0.1, 0.15) is 11.6 Å². The molecule has 156 valence electrons. The van der Waals surface area contributed by atoms with Crippen LogP contribution in [0.3, 0.4) is 0 Å². The van der Waals surface area contributed by atoms with Gasteiger partial charge >= 0.3 is 0 Å². The highest BCUT2D eigenvalue weighted by Gasteiger charge is 2.29. The number of sulfonamides is 1. The molecule has 0 radical (unpaired) electrons. The number of aromatic nitrogens is 2. The Labute approximate surface area is 169 Å². The number of fused-ring (bicyclic) bond motifs is 1. The molecule has 1 aromatic carbocycles. The summed E-state index contributed by atoms with van der Waals surface area (Å²) in [6.45, 7) is 2.89. The minimum atomic E-state index is -3.33. The molecule has 2 aliphatic rings. The van der Waals surface area contributed by atoms with Crippen LogP contribution in [-0.2, 0) is 29.5 Å². The Kier molecular flexibility index (Phi) is 5.54. The molecule has 4 rings (SSSR count). The number of piperidine rings is 1. The van der Waals surface area contributed by atoms with Crippen LogP contribution in [0, 0.1) is 5.82 Å². The van der Waals surface area contributed by atoms with Gasteiger partial charge in [0.25, 0.3) is 5.56 Å². The Morgan fingerprint density at radius 1 is 1.24 bits per heavy atom. The van der Waals surface area contributed by atoms with Crippen molar-refractivity contribution in [2.45, 2.75) is 38.3 Å². The van der Waals surface area contributed by atoms with Crippen LogP contribution in [0.5, 0.6) is 0 Å². The maximum absolute atomic E-state index is 13.1. The molecule has 1 atom stereocenters. The van der Waals surface area contributed by atoms with Crippen LogP contribution < -0.4 is 5.56 Å². The van der Waals surface area contributed by atoms with Gasteiger partial charge in [0, 0.05) is 38.5 Å². The van der Waals surface area contributed by atoms with Gasteiger partial charge in [-0.05, 0) is 37.1 Å². The molecule has 0 spiro atoms. The number of halogens is 1. The highest BCUT2D eigenvalue weighted by molar-refractivity contribution is 7.88. The van der Waals surface area contributed by atoms with Gasteiger partial charge in [0.2, 0.25) is 10.0 Å². The first kappa shape index (κ1) is 20.2. The average molecular weight is 421 g/mol. The fraction of sp³-hybridized carbons (Fsp3) is 0.500. The Bertz CT molecular complexity index is 1050. The molecule has 3 heterocycles. The van der Waals surface area contributed by atoms with Gasteiger partial charge < -0.3 is 4.98 Å². The van der Waals surface area contributed by atoms with Gasteiger partial charge in [-0.15, -0.1) is 0 Å². The summed E-state index contributed by atoms with van der Waals surface area (Å²) in [5.74, 6) is 0.566. The van der Waals surface area contributed by atoms with Crippen molar-refractivity contribution in [1.29, 1.82) is 0 Å². The van der Waals surface area contributed by atoms with Crippen LogP contribution in [-0.4, -0.2) is 53.5 Å². The van der Waals surface area contributed by atoms with Gasteiger partial charge in [0.15, 0.2) is 0 Å². The molecule has 1 fully saturated rings. The average Bonchev–Trinajstić information content (AvgIpc) is 2.69. The van der Waals surface area contributed by atoms with E-state index in [9.17, 15) is 17.6 Å². The zero-order valence-electron chi connectivity index (χ0n) is 16.4. The minimum Gasteiger partial charge on any atom is -0.310 e.